The number of aromatic nitrogens is 1. The van der Waals surface area contributed by atoms with Crippen LogP contribution in [0, 0.1) is 5.82 Å². The number of ether oxygens (including phenoxy) is 2. The summed E-state index contributed by atoms with van der Waals surface area (Å²) in [4.78, 5) is 10.8. The van der Waals surface area contributed by atoms with Gasteiger partial charge < -0.3 is 20.1 Å². The van der Waals surface area contributed by atoms with Crippen LogP contribution in [0.15, 0.2) is 47.6 Å². The van der Waals surface area contributed by atoms with E-state index in [0.717, 1.165) is 50.9 Å². The Hall–Kier alpha value is -1.98. The Kier molecular flexibility index (Phi) is 10.1. The van der Waals surface area contributed by atoms with Crippen LogP contribution in [-0.4, -0.2) is 62.3 Å². The highest BCUT2D eigenvalue weighted by Gasteiger charge is 2.09. The maximum absolute atomic E-state index is 13.0. The summed E-state index contributed by atoms with van der Waals surface area (Å²) in [6.45, 7) is 5.90. The van der Waals surface area contributed by atoms with E-state index in [2.05, 4.69) is 25.5 Å². The molecule has 9 heteroatoms. The summed E-state index contributed by atoms with van der Waals surface area (Å²) >= 11 is 0. The third-order valence-corrected chi connectivity index (χ3v) is 4.34. The number of hydrogen-bond acceptors (Lipinski definition) is 5. The van der Waals surface area contributed by atoms with Crippen LogP contribution in [0.4, 0.5) is 4.39 Å². The van der Waals surface area contributed by atoms with E-state index in [1.165, 1.54) is 12.1 Å². The molecule has 3 rings (SSSR count). The summed E-state index contributed by atoms with van der Waals surface area (Å²) in [5.74, 6) is 1.44. The number of benzene rings is 1. The molecule has 158 valence electrons. The molecule has 0 bridgehead atoms. The predicted molar refractivity (Wildman–Crippen MR) is 122 cm³/mol. The first-order valence-corrected chi connectivity index (χ1v) is 9.36. The van der Waals surface area contributed by atoms with Gasteiger partial charge in [-0.3, -0.25) is 9.89 Å². The Bertz CT molecular complexity index is 770. The van der Waals surface area contributed by atoms with E-state index in [4.69, 9.17) is 9.47 Å². The van der Waals surface area contributed by atoms with Crippen LogP contribution in [0.1, 0.15) is 5.56 Å². The smallest absolute Gasteiger partial charge is 0.219 e. The lowest BCUT2D eigenvalue weighted by atomic mass is 10.2. The molecule has 0 saturated carbocycles. The van der Waals surface area contributed by atoms with E-state index in [-0.39, 0.29) is 29.8 Å². The van der Waals surface area contributed by atoms with Gasteiger partial charge in [-0.15, -0.1) is 24.0 Å². The molecule has 29 heavy (non-hydrogen) atoms. The number of halogens is 2. The van der Waals surface area contributed by atoms with Crippen LogP contribution in [0.5, 0.6) is 11.6 Å². The summed E-state index contributed by atoms with van der Waals surface area (Å²) in [5.41, 5.74) is 1.00. The predicted octanol–water partition coefficient (Wildman–Crippen LogP) is 2.63. The largest absolute Gasteiger partial charge is 0.439 e. The zero-order valence-electron chi connectivity index (χ0n) is 16.4. The number of hydrogen-bond donors (Lipinski definition) is 2. The van der Waals surface area contributed by atoms with Crippen molar-refractivity contribution in [2.45, 2.75) is 6.54 Å². The third-order valence-electron chi connectivity index (χ3n) is 4.34. The lowest BCUT2D eigenvalue weighted by Gasteiger charge is -2.26. The number of pyridine rings is 1. The fourth-order valence-corrected chi connectivity index (χ4v) is 2.80. The molecule has 1 aliphatic rings. The van der Waals surface area contributed by atoms with Gasteiger partial charge in [-0.2, -0.15) is 0 Å². The number of guanidine groups is 1. The van der Waals surface area contributed by atoms with Gasteiger partial charge in [0.05, 0.1) is 13.2 Å². The van der Waals surface area contributed by atoms with Crippen LogP contribution in [0.2, 0.25) is 0 Å². The molecule has 0 spiro atoms. The van der Waals surface area contributed by atoms with Crippen LogP contribution in [0.25, 0.3) is 0 Å². The Labute approximate surface area is 187 Å². The Balaban J connectivity index is 0.00000300. The van der Waals surface area contributed by atoms with Gasteiger partial charge in [0, 0.05) is 52.0 Å². The average molecular weight is 515 g/mol. The van der Waals surface area contributed by atoms with E-state index in [1.54, 1.807) is 25.4 Å². The van der Waals surface area contributed by atoms with Crippen molar-refractivity contribution in [1.29, 1.82) is 0 Å². The van der Waals surface area contributed by atoms with Crippen molar-refractivity contribution in [1.82, 2.24) is 20.5 Å². The second-order valence-electron chi connectivity index (χ2n) is 6.36. The molecule has 2 N–H and O–H groups in total. The first-order valence-electron chi connectivity index (χ1n) is 9.36. The molecule has 0 radical (unpaired) electrons. The Morgan fingerprint density at radius 3 is 2.69 bits per heavy atom. The number of morpholine rings is 1. The van der Waals surface area contributed by atoms with Gasteiger partial charge in [-0.1, -0.05) is 0 Å². The molecule has 7 nitrogen and oxygen atoms in total. The fourth-order valence-electron chi connectivity index (χ4n) is 2.80. The molecular weight excluding hydrogens is 488 g/mol. The molecule has 1 fully saturated rings. The quantitative estimate of drug-likeness (QED) is 0.336. The van der Waals surface area contributed by atoms with Crippen molar-refractivity contribution in [2.75, 3.05) is 46.4 Å². The summed E-state index contributed by atoms with van der Waals surface area (Å²) in [5, 5.41) is 6.61. The summed E-state index contributed by atoms with van der Waals surface area (Å²) < 4.78 is 24.0. The summed E-state index contributed by atoms with van der Waals surface area (Å²) in [6, 6.07) is 9.61. The Morgan fingerprint density at radius 2 is 1.97 bits per heavy atom. The topological polar surface area (TPSA) is 71.0 Å². The van der Waals surface area contributed by atoms with Crippen LogP contribution in [0.3, 0.4) is 0 Å². The number of rotatable bonds is 7. The molecule has 1 saturated heterocycles. The van der Waals surface area contributed by atoms with Gasteiger partial charge in [-0.25, -0.2) is 9.37 Å². The third kappa shape index (κ3) is 8.11. The molecule has 2 aromatic rings. The Morgan fingerprint density at radius 1 is 1.21 bits per heavy atom. The highest BCUT2D eigenvalue weighted by Crippen LogP contribution is 2.20. The molecule has 1 aromatic carbocycles. The van der Waals surface area contributed by atoms with Crippen molar-refractivity contribution in [3.63, 3.8) is 0 Å². The fraction of sp³-hybridized carbons (Fsp3) is 0.400. The molecule has 1 aliphatic heterocycles. The highest BCUT2D eigenvalue weighted by molar-refractivity contribution is 14.0. The van der Waals surface area contributed by atoms with E-state index in [0.29, 0.717) is 18.2 Å². The summed E-state index contributed by atoms with van der Waals surface area (Å²) in [7, 11) is 1.75. The van der Waals surface area contributed by atoms with Crippen LogP contribution in [-0.2, 0) is 11.3 Å². The monoisotopic (exact) mass is 515 g/mol. The molecule has 0 unspecified atom stereocenters. The van der Waals surface area contributed by atoms with Gasteiger partial charge in [0.25, 0.3) is 0 Å². The normalized spacial score (nSPS) is 14.8. The van der Waals surface area contributed by atoms with E-state index in [1.807, 2.05) is 12.1 Å². The highest BCUT2D eigenvalue weighted by atomic mass is 127. The average Bonchev–Trinajstić information content (AvgIpc) is 2.73. The van der Waals surface area contributed by atoms with Gasteiger partial charge in [-0.05, 0) is 35.9 Å². The van der Waals surface area contributed by atoms with E-state index >= 15 is 0 Å². The van der Waals surface area contributed by atoms with E-state index in [9.17, 15) is 4.39 Å². The van der Waals surface area contributed by atoms with Crippen molar-refractivity contribution < 1.29 is 13.9 Å². The summed E-state index contributed by atoms with van der Waals surface area (Å²) in [6.07, 6.45) is 1.69. The molecule has 0 amide bonds. The second-order valence-corrected chi connectivity index (χ2v) is 6.36. The maximum Gasteiger partial charge on any atom is 0.219 e. The molecule has 2 heterocycles. The minimum atomic E-state index is -0.300. The van der Waals surface area contributed by atoms with Gasteiger partial charge in [0.1, 0.15) is 11.6 Å². The van der Waals surface area contributed by atoms with Crippen LogP contribution >= 0.6 is 24.0 Å². The van der Waals surface area contributed by atoms with Crippen LogP contribution < -0.4 is 15.4 Å². The SMILES string of the molecule is CN=C(NCCN1CCOCC1)NCc1ccnc(Oc2ccc(F)cc2)c1.I. The first-order chi connectivity index (χ1) is 13.7. The maximum atomic E-state index is 13.0. The van der Waals surface area contributed by atoms with Gasteiger partial charge in [0.15, 0.2) is 5.96 Å². The van der Waals surface area contributed by atoms with Gasteiger partial charge in [0.2, 0.25) is 5.88 Å². The molecular formula is C20H27FIN5O2. The minimum Gasteiger partial charge on any atom is -0.439 e. The van der Waals surface area contributed by atoms with Gasteiger partial charge >= 0.3 is 0 Å². The number of aliphatic imine (C=N–C) groups is 1. The minimum absolute atomic E-state index is 0. The van der Waals surface area contributed by atoms with Crippen molar-refractivity contribution in [2.24, 2.45) is 4.99 Å². The second kappa shape index (κ2) is 12.6. The standard InChI is InChI=1S/C20H26FN5O2.HI/c1-22-20(24-8-9-26-10-12-27-13-11-26)25-15-16-6-7-23-19(14-16)28-18-4-2-17(21)3-5-18;/h2-7,14H,8-13,15H2,1H3,(H2,22,24,25);1H. The van der Waals surface area contributed by atoms with Crippen molar-refractivity contribution in [3.05, 3.63) is 54.0 Å². The van der Waals surface area contributed by atoms with E-state index < -0.39 is 0 Å². The molecule has 0 aliphatic carbocycles. The van der Waals surface area contributed by atoms with Crippen molar-refractivity contribution in [3.8, 4) is 11.6 Å². The molecule has 0 atom stereocenters. The molecule has 1 aromatic heterocycles. The van der Waals surface area contributed by atoms with Crippen molar-refractivity contribution >= 4 is 29.9 Å². The lowest BCUT2D eigenvalue weighted by molar-refractivity contribution is 0.0389. The zero-order chi connectivity index (χ0) is 19.6. The zero-order valence-corrected chi connectivity index (χ0v) is 18.8. The number of nitrogens with one attached hydrogen (secondary N) is 2. The lowest BCUT2D eigenvalue weighted by Crippen LogP contribution is -2.44. The first kappa shape index (κ1) is 23.3. The number of nitrogens with zero attached hydrogens (tertiary/aromatic N) is 3.